The molecule has 0 unspecified atom stereocenters. The highest BCUT2D eigenvalue weighted by atomic mass is 32.2. The molecule has 0 bridgehead atoms. The van der Waals surface area contributed by atoms with Crippen LogP contribution in [0.1, 0.15) is 36.9 Å². The van der Waals surface area contributed by atoms with Crippen LogP contribution in [0.2, 0.25) is 0 Å². The van der Waals surface area contributed by atoms with Gasteiger partial charge in [0.1, 0.15) is 0 Å². The predicted octanol–water partition coefficient (Wildman–Crippen LogP) is 1.37. The van der Waals surface area contributed by atoms with Crippen molar-refractivity contribution in [3.05, 3.63) is 71.8 Å². The van der Waals surface area contributed by atoms with Gasteiger partial charge in [0.25, 0.3) is 5.91 Å². The molecule has 6 nitrogen and oxygen atoms in total. The van der Waals surface area contributed by atoms with Gasteiger partial charge in [-0.25, -0.2) is 8.42 Å². The number of nitrogens with one attached hydrogen (secondary N) is 2. The van der Waals surface area contributed by atoms with Crippen LogP contribution in [0, 0.1) is 0 Å². The van der Waals surface area contributed by atoms with E-state index in [2.05, 4.69) is 12.2 Å². The summed E-state index contributed by atoms with van der Waals surface area (Å²) in [6.45, 7) is 4.68. The zero-order valence-corrected chi connectivity index (χ0v) is 18.4. The largest absolute Gasteiger partial charge is 0.344 e. The molecule has 1 fully saturated rings. The van der Waals surface area contributed by atoms with Gasteiger partial charge in [-0.2, -0.15) is 4.31 Å². The van der Waals surface area contributed by atoms with Gasteiger partial charge < -0.3 is 10.2 Å². The number of hydrogen-bond acceptors (Lipinski definition) is 3. The van der Waals surface area contributed by atoms with Crippen molar-refractivity contribution in [2.24, 2.45) is 0 Å². The fraction of sp³-hybridized carbons (Fsp3) is 0.435. The summed E-state index contributed by atoms with van der Waals surface area (Å²) in [6, 6.07) is 19.3. The lowest BCUT2D eigenvalue weighted by Crippen LogP contribution is -3.15. The molecule has 1 aliphatic heterocycles. The number of nitrogens with zero attached hydrogens (tertiary/aromatic N) is 1. The number of amides is 1. The van der Waals surface area contributed by atoms with Crippen molar-refractivity contribution < 1.29 is 18.1 Å². The maximum Gasteiger partial charge on any atom is 0.275 e. The molecule has 0 spiro atoms. The molecule has 1 saturated heterocycles. The Morgan fingerprint density at radius 2 is 1.63 bits per heavy atom. The summed E-state index contributed by atoms with van der Waals surface area (Å²) >= 11 is 0. The van der Waals surface area contributed by atoms with Gasteiger partial charge in [-0.3, -0.25) is 4.79 Å². The number of sulfonamides is 1. The number of carbonyl (C=O) groups is 1. The summed E-state index contributed by atoms with van der Waals surface area (Å²) in [5.41, 5.74) is 1.93. The Bertz CT molecular complexity index is 896. The van der Waals surface area contributed by atoms with E-state index in [9.17, 15) is 13.2 Å². The summed E-state index contributed by atoms with van der Waals surface area (Å²) in [6.07, 6.45) is 1.89. The van der Waals surface area contributed by atoms with Crippen molar-refractivity contribution in [3.8, 4) is 0 Å². The van der Waals surface area contributed by atoms with E-state index in [4.69, 9.17) is 0 Å². The molecule has 2 aromatic carbocycles. The van der Waals surface area contributed by atoms with Gasteiger partial charge in [0, 0.05) is 0 Å². The first kappa shape index (κ1) is 22.5. The normalized spacial score (nSPS) is 16.8. The molecular weight excluding hydrogens is 398 g/mol. The van der Waals surface area contributed by atoms with E-state index in [0.717, 1.165) is 28.9 Å². The molecule has 0 saturated carbocycles. The van der Waals surface area contributed by atoms with Crippen LogP contribution in [0.3, 0.4) is 0 Å². The number of rotatable bonds is 9. The third-order valence-corrected chi connectivity index (χ3v) is 7.39. The smallest absolute Gasteiger partial charge is 0.275 e. The first-order chi connectivity index (χ1) is 14.5. The predicted molar refractivity (Wildman–Crippen MR) is 118 cm³/mol. The maximum absolute atomic E-state index is 12.7. The van der Waals surface area contributed by atoms with Crippen LogP contribution in [0.4, 0.5) is 0 Å². The average molecular weight is 431 g/mol. The van der Waals surface area contributed by atoms with Crippen molar-refractivity contribution in [3.63, 3.8) is 0 Å². The molecule has 0 aliphatic carbocycles. The molecule has 0 radical (unpaired) electrons. The van der Waals surface area contributed by atoms with Gasteiger partial charge in [0.15, 0.2) is 6.54 Å². The van der Waals surface area contributed by atoms with E-state index in [1.165, 1.54) is 0 Å². The van der Waals surface area contributed by atoms with Crippen molar-refractivity contribution >= 4 is 15.9 Å². The van der Waals surface area contributed by atoms with Gasteiger partial charge in [-0.1, -0.05) is 74.0 Å². The SMILES string of the molecule is CCC[C@H](NC(=O)C[NH+]1CCN(S(=O)(=O)Cc2ccccc2)CC1)c1ccccc1. The standard InChI is InChI=1S/C23H31N3O3S/c1-2-9-22(21-12-7-4-8-13-21)24-23(27)18-25-14-16-26(17-15-25)30(28,29)19-20-10-5-3-6-11-20/h3-8,10-13,22H,2,9,14-19H2,1H3,(H,24,27)/p+1/t22-/m0/s1. The monoisotopic (exact) mass is 430 g/mol. The Morgan fingerprint density at radius 3 is 2.23 bits per heavy atom. The first-order valence-electron chi connectivity index (χ1n) is 10.7. The van der Waals surface area contributed by atoms with Crippen LogP contribution in [0.15, 0.2) is 60.7 Å². The van der Waals surface area contributed by atoms with E-state index in [1.807, 2.05) is 60.7 Å². The molecule has 7 heteroatoms. The van der Waals surface area contributed by atoms with Crippen LogP contribution in [0.5, 0.6) is 0 Å². The molecule has 1 amide bonds. The second-order valence-corrected chi connectivity index (χ2v) is 9.86. The zero-order chi connectivity index (χ0) is 21.4. The minimum Gasteiger partial charge on any atom is -0.344 e. The lowest BCUT2D eigenvalue weighted by atomic mass is 10.0. The van der Waals surface area contributed by atoms with Crippen LogP contribution in [0.25, 0.3) is 0 Å². The molecule has 30 heavy (non-hydrogen) atoms. The van der Waals surface area contributed by atoms with Crippen LogP contribution >= 0.6 is 0 Å². The van der Waals surface area contributed by atoms with E-state index in [1.54, 1.807) is 4.31 Å². The summed E-state index contributed by atoms with van der Waals surface area (Å²) in [7, 11) is -3.33. The molecule has 1 atom stereocenters. The van der Waals surface area contributed by atoms with E-state index in [-0.39, 0.29) is 17.7 Å². The van der Waals surface area contributed by atoms with Gasteiger partial charge in [0.2, 0.25) is 10.0 Å². The van der Waals surface area contributed by atoms with Crippen LogP contribution < -0.4 is 10.2 Å². The van der Waals surface area contributed by atoms with Crippen LogP contribution in [-0.2, 0) is 20.6 Å². The molecule has 1 aliphatic rings. The third kappa shape index (κ3) is 6.39. The molecule has 162 valence electrons. The van der Waals surface area contributed by atoms with Crippen molar-refractivity contribution in [1.82, 2.24) is 9.62 Å². The number of piperazine rings is 1. The van der Waals surface area contributed by atoms with Crippen molar-refractivity contribution in [2.45, 2.75) is 31.6 Å². The number of quaternary nitrogens is 1. The van der Waals surface area contributed by atoms with Gasteiger partial charge in [-0.05, 0) is 17.5 Å². The highest BCUT2D eigenvalue weighted by Crippen LogP contribution is 2.17. The molecule has 3 rings (SSSR count). The quantitative estimate of drug-likeness (QED) is 0.631. The maximum atomic E-state index is 12.7. The molecule has 0 aromatic heterocycles. The fourth-order valence-corrected chi connectivity index (χ4v) is 5.44. The summed E-state index contributed by atoms with van der Waals surface area (Å²) in [4.78, 5) is 13.8. The first-order valence-corrected chi connectivity index (χ1v) is 12.3. The summed E-state index contributed by atoms with van der Waals surface area (Å²) < 4.78 is 27.0. The Labute approximate surface area is 179 Å². The Morgan fingerprint density at radius 1 is 1.03 bits per heavy atom. The van der Waals surface area contributed by atoms with Crippen molar-refractivity contribution in [2.75, 3.05) is 32.7 Å². The number of hydrogen-bond donors (Lipinski definition) is 2. The summed E-state index contributed by atoms with van der Waals surface area (Å²) in [5.74, 6) is 0.0484. The van der Waals surface area contributed by atoms with Gasteiger partial charge in [-0.15, -0.1) is 0 Å². The fourth-order valence-electron chi connectivity index (χ4n) is 3.90. The zero-order valence-electron chi connectivity index (χ0n) is 17.6. The van der Waals surface area contributed by atoms with E-state index in [0.29, 0.717) is 32.7 Å². The van der Waals surface area contributed by atoms with Gasteiger partial charge >= 0.3 is 0 Å². The van der Waals surface area contributed by atoms with Gasteiger partial charge in [0.05, 0.1) is 38.0 Å². The highest BCUT2D eigenvalue weighted by Gasteiger charge is 2.30. The molecule has 2 aromatic rings. The Hall–Kier alpha value is -2.22. The topological polar surface area (TPSA) is 70.9 Å². The lowest BCUT2D eigenvalue weighted by Gasteiger charge is -2.31. The van der Waals surface area contributed by atoms with Crippen molar-refractivity contribution in [1.29, 1.82) is 0 Å². The Kier molecular flexibility index (Phi) is 8.01. The molecule has 1 heterocycles. The summed E-state index contributed by atoms with van der Waals surface area (Å²) in [5, 5.41) is 3.16. The van der Waals surface area contributed by atoms with Crippen LogP contribution in [-0.4, -0.2) is 51.4 Å². The third-order valence-electron chi connectivity index (χ3n) is 5.54. The lowest BCUT2D eigenvalue weighted by molar-refractivity contribution is -0.895. The molecular formula is C23H32N3O3S+. The van der Waals surface area contributed by atoms with E-state index >= 15 is 0 Å². The number of benzene rings is 2. The highest BCUT2D eigenvalue weighted by molar-refractivity contribution is 7.88. The minimum atomic E-state index is -3.33. The second-order valence-electron chi connectivity index (χ2n) is 7.89. The number of carbonyl (C=O) groups excluding carboxylic acids is 1. The average Bonchev–Trinajstić information content (AvgIpc) is 2.75. The second kappa shape index (κ2) is 10.7. The Balaban J connectivity index is 1.49. The minimum absolute atomic E-state index is 0.0212. The van der Waals surface area contributed by atoms with E-state index < -0.39 is 10.0 Å². The molecule has 2 N–H and O–H groups in total.